The van der Waals surface area contributed by atoms with Crippen LogP contribution >= 0.6 is 11.3 Å². The lowest BCUT2D eigenvalue weighted by Gasteiger charge is -2.32. The van der Waals surface area contributed by atoms with Crippen molar-refractivity contribution in [3.8, 4) is 0 Å². The quantitative estimate of drug-likeness (QED) is 0.803. The minimum atomic E-state index is -3.48. The van der Waals surface area contributed by atoms with E-state index in [9.17, 15) is 13.2 Å². The summed E-state index contributed by atoms with van der Waals surface area (Å²) in [6, 6.07) is 1.97. The van der Waals surface area contributed by atoms with Gasteiger partial charge in [-0.2, -0.15) is 0 Å². The molecule has 1 saturated carbocycles. The molecule has 0 aromatic carbocycles. The van der Waals surface area contributed by atoms with Crippen molar-refractivity contribution in [1.29, 1.82) is 0 Å². The molecule has 1 aliphatic carbocycles. The van der Waals surface area contributed by atoms with Crippen molar-refractivity contribution in [3.05, 3.63) is 16.3 Å². The Labute approximate surface area is 141 Å². The number of nitrogens with one attached hydrogen (secondary N) is 2. The number of rotatable bonds is 6. The zero-order valence-electron chi connectivity index (χ0n) is 13.2. The van der Waals surface area contributed by atoms with E-state index in [0.717, 1.165) is 38.4 Å². The molecule has 23 heavy (non-hydrogen) atoms. The predicted molar refractivity (Wildman–Crippen MR) is 90.2 cm³/mol. The summed E-state index contributed by atoms with van der Waals surface area (Å²) in [6.45, 7) is 2.56. The number of nitrogens with zero attached hydrogens (tertiary/aromatic N) is 1. The molecule has 2 aliphatic rings. The molecule has 1 aromatic heterocycles. The summed E-state index contributed by atoms with van der Waals surface area (Å²) in [6.07, 6.45) is 4.62. The number of likely N-dealkylation sites (tertiary alicyclic amines) is 1. The van der Waals surface area contributed by atoms with Gasteiger partial charge in [0.2, 0.25) is 10.0 Å². The summed E-state index contributed by atoms with van der Waals surface area (Å²) in [4.78, 5) is 15.0. The van der Waals surface area contributed by atoms with Gasteiger partial charge in [0.1, 0.15) is 0 Å². The van der Waals surface area contributed by atoms with Crippen LogP contribution in [0.5, 0.6) is 0 Å². The van der Waals surface area contributed by atoms with Gasteiger partial charge < -0.3 is 10.2 Å². The molecule has 2 N–H and O–H groups in total. The van der Waals surface area contributed by atoms with E-state index in [0.29, 0.717) is 10.9 Å². The predicted octanol–water partition coefficient (Wildman–Crippen LogP) is 1.26. The van der Waals surface area contributed by atoms with Crippen LogP contribution in [0, 0.1) is 5.92 Å². The molecule has 1 aromatic rings. The topological polar surface area (TPSA) is 78.5 Å². The Balaban J connectivity index is 1.54. The Morgan fingerprint density at radius 3 is 2.61 bits per heavy atom. The molecule has 1 saturated heterocycles. The highest BCUT2D eigenvalue weighted by molar-refractivity contribution is 7.89. The van der Waals surface area contributed by atoms with Crippen LogP contribution in [0.3, 0.4) is 0 Å². The molecule has 0 radical (unpaired) electrons. The van der Waals surface area contributed by atoms with Crippen molar-refractivity contribution in [2.45, 2.75) is 36.6 Å². The van der Waals surface area contributed by atoms with Gasteiger partial charge in [-0.05, 0) is 51.3 Å². The van der Waals surface area contributed by atoms with Crippen LogP contribution in [-0.4, -0.2) is 51.9 Å². The van der Waals surface area contributed by atoms with Crippen LogP contribution in [0.1, 0.15) is 35.4 Å². The first-order valence-electron chi connectivity index (χ1n) is 8.04. The van der Waals surface area contributed by atoms with Gasteiger partial charge >= 0.3 is 0 Å². The van der Waals surface area contributed by atoms with E-state index in [4.69, 9.17) is 0 Å². The highest BCUT2D eigenvalue weighted by atomic mass is 32.2. The Morgan fingerprint density at radius 1 is 1.30 bits per heavy atom. The zero-order chi connectivity index (χ0) is 16.4. The fraction of sp³-hybridized carbons (Fsp3) is 0.667. The first-order valence-corrected chi connectivity index (χ1v) is 10.4. The maximum atomic E-state index is 12.5. The van der Waals surface area contributed by atoms with E-state index < -0.39 is 10.0 Å². The maximum absolute atomic E-state index is 12.5. The number of hydrogen-bond acceptors (Lipinski definition) is 5. The van der Waals surface area contributed by atoms with Crippen molar-refractivity contribution in [2.75, 3.05) is 26.7 Å². The maximum Gasteiger partial charge on any atom is 0.263 e. The minimum absolute atomic E-state index is 0.0619. The first-order chi connectivity index (χ1) is 11.0. The van der Waals surface area contributed by atoms with Gasteiger partial charge in [0, 0.05) is 24.5 Å². The average molecular weight is 358 g/mol. The summed E-state index contributed by atoms with van der Waals surface area (Å²) >= 11 is 1.19. The second-order valence-corrected chi connectivity index (χ2v) is 9.07. The lowest BCUT2D eigenvalue weighted by Crippen LogP contribution is -2.45. The van der Waals surface area contributed by atoms with Gasteiger partial charge in [-0.25, -0.2) is 13.1 Å². The highest BCUT2D eigenvalue weighted by Crippen LogP contribution is 2.28. The van der Waals surface area contributed by atoms with E-state index in [2.05, 4.69) is 10.0 Å². The lowest BCUT2D eigenvalue weighted by molar-refractivity contribution is 0.0709. The smallest absolute Gasteiger partial charge is 0.263 e. The van der Waals surface area contributed by atoms with Gasteiger partial charge in [-0.3, -0.25) is 4.79 Å². The fourth-order valence-corrected chi connectivity index (χ4v) is 4.76. The number of amides is 1. The standard InChI is InChI=1S/C15H23N3O3S2/c1-16-23(20,21)13-8-14(22-10-13)15(19)18-6-4-12(5-7-18)17-9-11-2-3-11/h8,10-12,16-17H,2-7,9H2,1H3. The third kappa shape index (κ3) is 4.12. The van der Waals surface area contributed by atoms with E-state index >= 15 is 0 Å². The minimum Gasteiger partial charge on any atom is -0.338 e. The molecule has 0 unspecified atom stereocenters. The normalized spacial score (nSPS) is 20.0. The number of thiophene rings is 1. The number of carbonyl (C=O) groups excluding carboxylic acids is 1. The van der Waals surface area contributed by atoms with Gasteiger partial charge in [-0.1, -0.05) is 0 Å². The number of carbonyl (C=O) groups is 1. The largest absolute Gasteiger partial charge is 0.338 e. The number of hydrogen-bond donors (Lipinski definition) is 2. The van der Waals surface area contributed by atoms with Crippen LogP contribution in [0.15, 0.2) is 16.3 Å². The summed E-state index contributed by atoms with van der Waals surface area (Å²) in [5.74, 6) is 0.807. The van der Waals surface area contributed by atoms with E-state index in [1.807, 2.05) is 4.90 Å². The van der Waals surface area contributed by atoms with Crippen molar-refractivity contribution < 1.29 is 13.2 Å². The van der Waals surface area contributed by atoms with Crippen molar-refractivity contribution in [1.82, 2.24) is 14.9 Å². The van der Waals surface area contributed by atoms with Crippen LogP contribution in [0.25, 0.3) is 0 Å². The Hall–Kier alpha value is -0.960. The molecule has 6 nitrogen and oxygen atoms in total. The zero-order valence-corrected chi connectivity index (χ0v) is 14.9. The second-order valence-electron chi connectivity index (χ2n) is 6.27. The molecule has 1 amide bonds. The summed E-state index contributed by atoms with van der Waals surface area (Å²) in [5.41, 5.74) is 0. The Kier molecular flexibility index (Phi) is 5.05. The first kappa shape index (κ1) is 16.9. The molecule has 0 bridgehead atoms. The van der Waals surface area contributed by atoms with Gasteiger partial charge in [-0.15, -0.1) is 11.3 Å². The van der Waals surface area contributed by atoms with Gasteiger partial charge in [0.25, 0.3) is 5.91 Å². The van der Waals surface area contributed by atoms with Crippen LogP contribution in [-0.2, 0) is 10.0 Å². The SMILES string of the molecule is CNS(=O)(=O)c1csc(C(=O)N2CCC(NCC3CC3)CC2)c1. The van der Waals surface area contributed by atoms with Gasteiger partial charge in [0.05, 0.1) is 9.77 Å². The second kappa shape index (κ2) is 6.88. The van der Waals surface area contributed by atoms with Crippen LogP contribution in [0.4, 0.5) is 0 Å². The fourth-order valence-electron chi connectivity index (χ4n) is 2.79. The summed E-state index contributed by atoms with van der Waals surface area (Å²) < 4.78 is 25.8. The van der Waals surface area contributed by atoms with Crippen molar-refractivity contribution in [2.24, 2.45) is 5.92 Å². The Morgan fingerprint density at radius 2 is 2.00 bits per heavy atom. The molecule has 0 atom stereocenters. The molecule has 128 valence electrons. The molecule has 8 heteroatoms. The Bertz CT molecular complexity index is 659. The number of piperidine rings is 1. The van der Waals surface area contributed by atoms with Crippen molar-refractivity contribution >= 4 is 27.3 Å². The molecule has 2 heterocycles. The molecule has 0 spiro atoms. The molecular weight excluding hydrogens is 334 g/mol. The molecule has 3 rings (SSSR count). The third-order valence-corrected chi connectivity index (χ3v) is 7.00. The van der Waals surface area contributed by atoms with Crippen LogP contribution < -0.4 is 10.0 Å². The molecule has 2 fully saturated rings. The summed E-state index contributed by atoms with van der Waals surface area (Å²) in [7, 11) is -2.11. The highest BCUT2D eigenvalue weighted by Gasteiger charge is 2.27. The van der Waals surface area contributed by atoms with E-state index in [1.54, 1.807) is 0 Å². The third-order valence-electron chi connectivity index (χ3n) is 4.54. The molecule has 1 aliphatic heterocycles. The van der Waals surface area contributed by atoms with Crippen LogP contribution in [0.2, 0.25) is 0 Å². The summed E-state index contributed by atoms with van der Waals surface area (Å²) in [5, 5.41) is 5.11. The average Bonchev–Trinajstić information content (AvgIpc) is 3.26. The monoisotopic (exact) mass is 357 g/mol. The van der Waals surface area contributed by atoms with Crippen molar-refractivity contribution in [3.63, 3.8) is 0 Å². The van der Waals surface area contributed by atoms with E-state index in [-0.39, 0.29) is 10.8 Å². The lowest BCUT2D eigenvalue weighted by atomic mass is 10.0. The molecular formula is C15H23N3O3S2. The van der Waals surface area contributed by atoms with Gasteiger partial charge in [0.15, 0.2) is 0 Å². The number of sulfonamides is 1. The van der Waals surface area contributed by atoms with E-state index in [1.165, 1.54) is 42.7 Å².